The Kier molecular flexibility index (Phi) is 3.64. The summed E-state index contributed by atoms with van der Waals surface area (Å²) in [5.41, 5.74) is 0.840. The summed E-state index contributed by atoms with van der Waals surface area (Å²) in [6.45, 7) is 0. The monoisotopic (exact) mass is 314 g/mol. The second kappa shape index (κ2) is 5.61. The predicted octanol–water partition coefficient (Wildman–Crippen LogP) is 2.30. The number of anilines is 1. The third kappa shape index (κ3) is 2.58. The Morgan fingerprint density at radius 2 is 1.55 bits per heavy atom. The highest BCUT2D eigenvalue weighted by molar-refractivity contribution is 7.92. The van der Waals surface area contributed by atoms with Crippen molar-refractivity contribution in [3.63, 3.8) is 0 Å². The van der Waals surface area contributed by atoms with Crippen molar-refractivity contribution in [1.29, 1.82) is 0 Å². The van der Waals surface area contributed by atoms with E-state index in [1.54, 1.807) is 18.2 Å². The van der Waals surface area contributed by atoms with E-state index in [0.717, 1.165) is 9.87 Å². The van der Waals surface area contributed by atoms with E-state index in [1.165, 1.54) is 19.2 Å². The van der Waals surface area contributed by atoms with Crippen molar-refractivity contribution in [2.45, 2.75) is 4.90 Å². The molecule has 0 atom stereocenters. The van der Waals surface area contributed by atoms with Crippen LogP contribution < -0.4 is 4.31 Å². The smallest absolute Gasteiger partial charge is 0.257 e. The lowest BCUT2D eigenvalue weighted by Gasteiger charge is -2.15. The summed E-state index contributed by atoms with van der Waals surface area (Å²) in [7, 11) is -2.24. The summed E-state index contributed by atoms with van der Waals surface area (Å²) in [5.74, 6) is 0.619. The molecule has 7 heteroatoms. The molecule has 2 aromatic carbocycles. The van der Waals surface area contributed by atoms with E-state index in [-0.39, 0.29) is 10.8 Å². The van der Waals surface area contributed by atoms with Gasteiger partial charge in [0.1, 0.15) is 0 Å². The van der Waals surface area contributed by atoms with Crippen LogP contribution in [0.2, 0.25) is 0 Å². The van der Waals surface area contributed by atoms with Crippen LogP contribution in [0.15, 0.2) is 65.6 Å². The Morgan fingerprint density at radius 1 is 0.955 bits per heavy atom. The molecular formula is C15H14N4O2S. The fourth-order valence-electron chi connectivity index (χ4n) is 1.98. The van der Waals surface area contributed by atoms with Crippen LogP contribution in [0.25, 0.3) is 11.4 Å². The third-order valence-electron chi connectivity index (χ3n) is 3.20. The molecule has 0 saturated carbocycles. The Balaban J connectivity index is 1.94. The van der Waals surface area contributed by atoms with Gasteiger partial charge in [0.25, 0.3) is 16.0 Å². The molecule has 3 aromatic rings. The van der Waals surface area contributed by atoms with Gasteiger partial charge in [-0.05, 0) is 12.1 Å². The molecule has 0 saturated heterocycles. The van der Waals surface area contributed by atoms with Crippen LogP contribution in [0.4, 0.5) is 5.95 Å². The topological polar surface area (TPSA) is 79.0 Å². The summed E-state index contributed by atoms with van der Waals surface area (Å²) in [6.07, 6.45) is 0. The zero-order chi connectivity index (χ0) is 15.6. The van der Waals surface area contributed by atoms with Crippen LogP contribution in [-0.2, 0) is 10.0 Å². The molecule has 112 valence electrons. The van der Waals surface area contributed by atoms with E-state index < -0.39 is 10.0 Å². The summed E-state index contributed by atoms with van der Waals surface area (Å²) < 4.78 is 26.1. The highest BCUT2D eigenvalue weighted by Gasteiger charge is 2.24. The van der Waals surface area contributed by atoms with Crippen molar-refractivity contribution in [3.05, 3.63) is 60.7 Å². The van der Waals surface area contributed by atoms with Crippen LogP contribution in [0, 0.1) is 0 Å². The van der Waals surface area contributed by atoms with Gasteiger partial charge in [-0.3, -0.25) is 5.10 Å². The first-order valence-electron chi connectivity index (χ1n) is 6.61. The van der Waals surface area contributed by atoms with Crippen LogP contribution in [0.3, 0.4) is 0 Å². The molecule has 0 fully saturated rings. The molecule has 0 aliphatic rings. The first kappa shape index (κ1) is 14.3. The van der Waals surface area contributed by atoms with E-state index in [4.69, 9.17) is 0 Å². The SMILES string of the molecule is CN(c1n[nH]c(-c2ccccc2)n1)S(=O)(=O)c1ccccc1. The van der Waals surface area contributed by atoms with Crippen LogP contribution in [0.1, 0.15) is 0 Å². The highest BCUT2D eigenvalue weighted by atomic mass is 32.2. The largest absolute Gasteiger partial charge is 0.266 e. The number of H-pyrrole nitrogens is 1. The lowest BCUT2D eigenvalue weighted by molar-refractivity contribution is 0.593. The molecule has 0 spiro atoms. The third-order valence-corrected chi connectivity index (χ3v) is 4.96. The summed E-state index contributed by atoms with van der Waals surface area (Å²) in [6, 6.07) is 17.6. The van der Waals surface area contributed by atoms with Gasteiger partial charge in [-0.15, -0.1) is 5.10 Å². The predicted molar refractivity (Wildman–Crippen MR) is 83.8 cm³/mol. The number of nitrogens with one attached hydrogen (secondary N) is 1. The number of hydrogen-bond acceptors (Lipinski definition) is 4. The van der Waals surface area contributed by atoms with Gasteiger partial charge < -0.3 is 0 Å². The van der Waals surface area contributed by atoms with Gasteiger partial charge in [0.2, 0.25) is 0 Å². The minimum absolute atomic E-state index is 0.0997. The van der Waals surface area contributed by atoms with Gasteiger partial charge in [-0.1, -0.05) is 48.5 Å². The van der Waals surface area contributed by atoms with Crippen molar-refractivity contribution in [1.82, 2.24) is 15.2 Å². The minimum atomic E-state index is -3.67. The Bertz CT molecular complexity index is 861. The van der Waals surface area contributed by atoms with E-state index in [0.29, 0.717) is 5.82 Å². The van der Waals surface area contributed by atoms with E-state index in [1.807, 2.05) is 30.3 Å². The van der Waals surface area contributed by atoms with E-state index >= 15 is 0 Å². The Labute approximate surface area is 128 Å². The second-order valence-corrected chi connectivity index (χ2v) is 6.60. The van der Waals surface area contributed by atoms with Crippen LogP contribution in [0.5, 0.6) is 0 Å². The second-order valence-electron chi connectivity index (χ2n) is 4.64. The van der Waals surface area contributed by atoms with Crippen molar-refractivity contribution >= 4 is 16.0 Å². The summed E-state index contributed by atoms with van der Waals surface area (Å²) >= 11 is 0. The summed E-state index contributed by atoms with van der Waals surface area (Å²) in [4.78, 5) is 4.45. The lowest BCUT2D eigenvalue weighted by Crippen LogP contribution is -2.27. The van der Waals surface area contributed by atoms with E-state index in [9.17, 15) is 8.42 Å². The van der Waals surface area contributed by atoms with Gasteiger partial charge in [0.15, 0.2) is 5.82 Å². The Hall–Kier alpha value is -2.67. The van der Waals surface area contributed by atoms with Crippen molar-refractivity contribution in [2.24, 2.45) is 0 Å². The maximum Gasteiger partial charge on any atom is 0.266 e. The molecule has 0 radical (unpaired) electrons. The summed E-state index contributed by atoms with van der Waals surface area (Å²) in [5, 5.41) is 6.75. The van der Waals surface area contributed by atoms with Gasteiger partial charge in [0, 0.05) is 12.6 Å². The number of aromatic nitrogens is 3. The number of rotatable bonds is 4. The lowest BCUT2D eigenvalue weighted by atomic mass is 10.2. The average Bonchev–Trinajstić information content (AvgIpc) is 3.05. The standard InChI is InChI=1S/C15H14N4O2S/c1-19(22(20,21)13-10-6-3-7-11-13)15-16-14(17-18-15)12-8-4-2-5-9-12/h2-11H,1H3,(H,16,17,18). The minimum Gasteiger partial charge on any atom is -0.257 e. The van der Waals surface area contributed by atoms with Crippen molar-refractivity contribution in [3.8, 4) is 11.4 Å². The van der Waals surface area contributed by atoms with Gasteiger partial charge in [-0.2, -0.15) is 4.98 Å². The maximum atomic E-state index is 12.5. The molecule has 0 aliphatic heterocycles. The molecule has 0 amide bonds. The van der Waals surface area contributed by atoms with Crippen LogP contribution in [-0.4, -0.2) is 30.6 Å². The molecule has 1 N–H and O–H groups in total. The molecular weight excluding hydrogens is 300 g/mol. The van der Waals surface area contributed by atoms with E-state index in [2.05, 4.69) is 15.2 Å². The van der Waals surface area contributed by atoms with Crippen molar-refractivity contribution in [2.75, 3.05) is 11.4 Å². The fraction of sp³-hybridized carbons (Fsp3) is 0.0667. The van der Waals surface area contributed by atoms with Gasteiger partial charge in [-0.25, -0.2) is 12.7 Å². The zero-order valence-electron chi connectivity index (χ0n) is 11.8. The molecule has 22 heavy (non-hydrogen) atoms. The molecule has 3 rings (SSSR count). The molecule has 1 heterocycles. The molecule has 6 nitrogen and oxygen atoms in total. The number of nitrogens with zero attached hydrogens (tertiary/aromatic N) is 3. The molecule has 0 unspecified atom stereocenters. The first-order chi connectivity index (χ1) is 10.6. The average molecular weight is 314 g/mol. The highest BCUT2D eigenvalue weighted by Crippen LogP contribution is 2.21. The number of benzene rings is 2. The molecule has 0 bridgehead atoms. The van der Waals surface area contributed by atoms with Crippen LogP contribution >= 0.6 is 0 Å². The van der Waals surface area contributed by atoms with Gasteiger partial charge in [0.05, 0.1) is 4.90 Å². The number of hydrogen-bond donors (Lipinski definition) is 1. The quantitative estimate of drug-likeness (QED) is 0.801. The first-order valence-corrected chi connectivity index (χ1v) is 8.05. The molecule has 1 aromatic heterocycles. The fourth-order valence-corrected chi connectivity index (χ4v) is 3.09. The number of sulfonamides is 1. The normalized spacial score (nSPS) is 11.3. The zero-order valence-corrected chi connectivity index (χ0v) is 12.7. The Morgan fingerprint density at radius 3 is 2.18 bits per heavy atom. The maximum absolute atomic E-state index is 12.5. The molecule has 0 aliphatic carbocycles. The van der Waals surface area contributed by atoms with Crippen molar-refractivity contribution < 1.29 is 8.42 Å². The van der Waals surface area contributed by atoms with Gasteiger partial charge >= 0.3 is 0 Å². The number of aromatic amines is 1.